The second-order valence-corrected chi connectivity index (χ2v) is 8.06. The molecule has 2 rings (SSSR count). The molecule has 0 spiro atoms. The highest BCUT2D eigenvalue weighted by molar-refractivity contribution is 14.0. The molecule has 0 radical (unpaired) electrons. The first-order chi connectivity index (χ1) is 12.8. The largest absolute Gasteiger partial charge is 0.367 e. The molecule has 0 aliphatic heterocycles. The number of nitrogens with zero attached hydrogens (tertiary/aromatic N) is 5. The lowest BCUT2D eigenvalue weighted by Gasteiger charge is -2.23. The minimum atomic E-state index is 0. The molecule has 8 nitrogen and oxygen atoms in total. The molecular formula is C19H35IN8. The predicted molar refractivity (Wildman–Crippen MR) is 127 cm³/mol. The van der Waals surface area contributed by atoms with Crippen LogP contribution < -0.4 is 16.0 Å². The number of hydrogen-bond acceptors (Lipinski definition) is 5. The van der Waals surface area contributed by atoms with Gasteiger partial charge >= 0.3 is 0 Å². The van der Waals surface area contributed by atoms with E-state index in [1.54, 1.807) is 17.2 Å². The molecular weight excluding hydrogens is 467 g/mol. The molecule has 0 saturated heterocycles. The second-order valence-electron chi connectivity index (χ2n) is 8.06. The Hall–Kier alpha value is -1.65. The molecule has 2 heterocycles. The van der Waals surface area contributed by atoms with Gasteiger partial charge in [-0.05, 0) is 32.1 Å². The Bertz CT molecular complexity index is 750. The average molecular weight is 502 g/mol. The first-order valence-electron chi connectivity index (χ1n) is 9.71. The normalized spacial score (nSPS) is 13.1. The van der Waals surface area contributed by atoms with Gasteiger partial charge in [-0.3, -0.25) is 9.67 Å². The molecule has 9 heteroatoms. The number of guanidine groups is 1. The van der Waals surface area contributed by atoms with Crippen molar-refractivity contribution >= 4 is 46.8 Å². The number of aromatic nitrogens is 4. The lowest BCUT2D eigenvalue weighted by atomic mass is 9.89. The highest BCUT2D eigenvalue weighted by atomic mass is 127. The molecule has 0 fully saturated rings. The van der Waals surface area contributed by atoms with E-state index in [1.165, 1.54) is 6.42 Å². The quantitative estimate of drug-likeness (QED) is 0.222. The van der Waals surface area contributed by atoms with Gasteiger partial charge in [-0.15, -0.1) is 24.0 Å². The van der Waals surface area contributed by atoms with Crippen molar-refractivity contribution in [3.8, 4) is 0 Å². The molecule has 1 atom stereocenters. The molecule has 0 aliphatic rings. The van der Waals surface area contributed by atoms with E-state index in [-0.39, 0.29) is 24.0 Å². The number of fused-ring (bicyclic) bond motifs is 1. The lowest BCUT2D eigenvalue weighted by Crippen LogP contribution is -2.42. The highest BCUT2D eigenvalue weighted by Gasteiger charge is 2.13. The molecule has 0 bridgehead atoms. The van der Waals surface area contributed by atoms with Gasteiger partial charge in [0.15, 0.2) is 11.6 Å². The number of hydrogen-bond donors (Lipinski definition) is 3. The summed E-state index contributed by atoms with van der Waals surface area (Å²) in [7, 11) is 1.87. The Labute approximate surface area is 185 Å². The number of nitrogens with one attached hydrogen (secondary N) is 3. The first-order valence-corrected chi connectivity index (χ1v) is 9.71. The minimum absolute atomic E-state index is 0. The van der Waals surface area contributed by atoms with Crippen molar-refractivity contribution in [1.82, 2.24) is 30.4 Å². The van der Waals surface area contributed by atoms with Crippen molar-refractivity contribution in [1.29, 1.82) is 0 Å². The summed E-state index contributed by atoms with van der Waals surface area (Å²) in [6.07, 6.45) is 5.63. The molecule has 0 aromatic carbocycles. The molecule has 28 heavy (non-hydrogen) atoms. The molecule has 0 aliphatic carbocycles. The number of aliphatic imine (C=N–C) groups is 1. The third-order valence-electron chi connectivity index (χ3n) is 4.26. The van der Waals surface area contributed by atoms with Crippen molar-refractivity contribution in [2.75, 3.05) is 25.0 Å². The number of anilines is 1. The van der Waals surface area contributed by atoms with Crippen molar-refractivity contribution in [2.45, 2.75) is 53.5 Å². The maximum absolute atomic E-state index is 4.67. The van der Waals surface area contributed by atoms with E-state index < -0.39 is 0 Å². The van der Waals surface area contributed by atoms with Crippen molar-refractivity contribution in [3.63, 3.8) is 0 Å². The molecule has 1 unspecified atom stereocenters. The zero-order chi connectivity index (χ0) is 19.9. The van der Waals surface area contributed by atoms with E-state index in [9.17, 15) is 0 Å². The summed E-state index contributed by atoms with van der Waals surface area (Å²) < 4.78 is 1.74. The van der Waals surface area contributed by atoms with Crippen LogP contribution >= 0.6 is 24.0 Å². The first kappa shape index (κ1) is 24.4. The molecule has 0 amide bonds. The number of rotatable bonds is 8. The van der Waals surface area contributed by atoms with Crippen molar-refractivity contribution in [2.24, 2.45) is 17.5 Å². The summed E-state index contributed by atoms with van der Waals surface area (Å²) in [6, 6.07) is 0.381. The lowest BCUT2D eigenvalue weighted by molar-refractivity contribution is 0.346. The Morgan fingerprint density at radius 2 is 2.04 bits per heavy atom. The van der Waals surface area contributed by atoms with E-state index in [0.29, 0.717) is 24.5 Å². The zero-order valence-corrected chi connectivity index (χ0v) is 20.2. The third-order valence-corrected chi connectivity index (χ3v) is 4.26. The Balaban J connectivity index is 0.00000392. The highest BCUT2D eigenvalue weighted by Crippen LogP contribution is 2.21. The van der Waals surface area contributed by atoms with E-state index in [0.717, 1.165) is 35.8 Å². The Morgan fingerprint density at radius 1 is 1.29 bits per heavy atom. The standard InChI is InChI=1S/C19H34N8.HI/c1-7-20-18(26-14(2)8-9-19(3,4)5)22-11-10-21-16-15-12-25-27(6)17(15)24-13-23-16;/h12-14H,7-11H2,1-6H3,(H2,20,22,26)(H,21,23,24);1H. The van der Waals surface area contributed by atoms with Gasteiger partial charge in [0, 0.05) is 26.2 Å². The van der Waals surface area contributed by atoms with Crippen LogP contribution in [0, 0.1) is 5.41 Å². The van der Waals surface area contributed by atoms with Gasteiger partial charge in [0.25, 0.3) is 0 Å². The van der Waals surface area contributed by atoms with E-state index in [4.69, 9.17) is 0 Å². The summed E-state index contributed by atoms with van der Waals surface area (Å²) in [5.74, 6) is 1.65. The summed E-state index contributed by atoms with van der Waals surface area (Å²) in [5.41, 5.74) is 1.17. The SMILES string of the molecule is CCNC(=NCCNc1ncnc2c1cnn2C)NC(C)CCC(C)(C)C.I. The minimum Gasteiger partial charge on any atom is -0.367 e. The van der Waals surface area contributed by atoms with Gasteiger partial charge in [0.2, 0.25) is 0 Å². The maximum atomic E-state index is 4.67. The van der Waals surface area contributed by atoms with Crippen molar-refractivity contribution < 1.29 is 0 Å². The van der Waals surface area contributed by atoms with Crippen LogP contribution in [0.1, 0.15) is 47.5 Å². The van der Waals surface area contributed by atoms with E-state index >= 15 is 0 Å². The van der Waals surface area contributed by atoms with Crippen LogP contribution in [0.3, 0.4) is 0 Å². The van der Waals surface area contributed by atoms with Gasteiger partial charge in [-0.1, -0.05) is 20.8 Å². The monoisotopic (exact) mass is 502 g/mol. The van der Waals surface area contributed by atoms with E-state index in [1.807, 2.05) is 7.05 Å². The Morgan fingerprint density at radius 3 is 2.71 bits per heavy atom. The fourth-order valence-corrected chi connectivity index (χ4v) is 2.72. The second kappa shape index (κ2) is 11.4. The van der Waals surface area contributed by atoms with Gasteiger partial charge in [-0.25, -0.2) is 9.97 Å². The molecule has 2 aromatic rings. The molecule has 158 valence electrons. The molecule has 2 aromatic heterocycles. The summed E-state index contributed by atoms with van der Waals surface area (Å²) >= 11 is 0. The summed E-state index contributed by atoms with van der Waals surface area (Å²) in [4.78, 5) is 13.2. The smallest absolute Gasteiger partial charge is 0.191 e. The molecule has 3 N–H and O–H groups in total. The fourth-order valence-electron chi connectivity index (χ4n) is 2.72. The van der Waals surface area contributed by atoms with Crippen LogP contribution in [0.4, 0.5) is 5.82 Å². The average Bonchev–Trinajstić information content (AvgIpc) is 2.98. The van der Waals surface area contributed by atoms with Crippen LogP contribution in [0.25, 0.3) is 11.0 Å². The topological polar surface area (TPSA) is 92.1 Å². The van der Waals surface area contributed by atoms with Crippen LogP contribution in [0.15, 0.2) is 17.5 Å². The number of aryl methyl sites for hydroxylation is 1. The van der Waals surface area contributed by atoms with Gasteiger partial charge in [0.1, 0.15) is 12.1 Å². The van der Waals surface area contributed by atoms with Crippen LogP contribution in [0.2, 0.25) is 0 Å². The third kappa shape index (κ3) is 7.76. The van der Waals surface area contributed by atoms with Crippen LogP contribution in [-0.4, -0.2) is 51.4 Å². The zero-order valence-electron chi connectivity index (χ0n) is 17.9. The van der Waals surface area contributed by atoms with Gasteiger partial charge in [0.05, 0.1) is 18.1 Å². The van der Waals surface area contributed by atoms with E-state index in [2.05, 4.69) is 70.6 Å². The van der Waals surface area contributed by atoms with Crippen LogP contribution in [-0.2, 0) is 7.05 Å². The number of halogens is 1. The van der Waals surface area contributed by atoms with Gasteiger partial charge in [-0.2, -0.15) is 5.10 Å². The van der Waals surface area contributed by atoms with Gasteiger partial charge < -0.3 is 16.0 Å². The van der Waals surface area contributed by atoms with Crippen molar-refractivity contribution in [3.05, 3.63) is 12.5 Å². The maximum Gasteiger partial charge on any atom is 0.191 e. The molecule has 0 saturated carbocycles. The predicted octanol–water partition coefficient (Wildman–Crippen LogP) is 3.16. The Kier molecular flexibility index (Phi) is 9.91. The van der Waals surface area contributed by atoms with Crippen LogP contribution in [0.5, 0.6) is 0 Å². The fraction of sp³-hybridized carbons (Fsp3) is 0.684. The summed E-state index contributed by atoms with van der Waals surface area (Å²) in [6.45, 7) is 13.3. The summed E-state index contributed by atoms with van der Waals surface area (Å²) in [5, 5.41) is 15.3.